The molecule has 1 aliphatic rings. The average molecular weight is 368 g/mol. The molecule has 0 aliphatic carbocycles. The predicted molar refractivity (Wildman–Crippen MR) is 106 cm³/mol. The zero-order valence-electron chi connectivity index (χ0n) is 16.5. The van der Waals surface area contributed by atoms with Gasteiger partial charge in [-0.1, -0.05) is 13.0 Å². The number of carbonyl (C=O) groups is 1. The number of aryl methyl sites for hydroxylation is 2. The first-order chi connectivity index (χ1) is 12.9. The van der Waals surface area contributed by atoms with Gasteiger partial charge in [0.05, 0.1) is 5.69 Å². The number of carbonyl (C=O) groups excluding carboxylic acids is 1. The van der Waals surface area contributed by atoms with Crippen LogP contribution in [0.15, 0.2) is 18.3 Å². The molecule has 1 amide bonds. The number of nitrogens with two attached hydrogens (primary N) is 1. The Bertz CT molecular complexity index is 837. The number of amides is 1. The van der Waals surface area contributed by atoms with Crippen LogP contribution in [0.1, 0.15) is 58.9 Å². The van der Waals surface area contributed by atoms with Crippen LogP contribution >= 0.6 is 0 Å². The maximum atomic E-state index is 11.5. The van der Waals surface area contributed by atoms with E-state index in [2.05, 4.69) is 45.1 Å². The molecule has 2 atom stereocenters. The van der Waals surface area contributed by atoms with Gasteiger partial charge < -0.3 is 16.0 Å². The zero-order valence-corrected chi connectivity index (χ0v) is 16.5. The fourth-order valence-electron chi connectivity index (χ4n) is 3.66. The molecule has 1 fully saturated rings. The van der Waals surface area contributed by atoms with Crippen LogP contribution in [0.2, 0.25) is 0 Å². The van der Waals surface area contributed by atoms with Gasteiger partial charge in [-0.3, -0.25) is 9.78 Å². The quantitative estimate of drug-likeness (QED) is 0.811. The number of nitrogens with one attached hydrogen (secondary N) is 1. The molecule has 1 unspecified atom stereocenters. The Morgan fingerprint density at radius 1 is 1.37 bits per heavy atom. The number of pyridine rings is 1. The van der Waals surface area contributed by atoms with E-state index in [4.69, 9.17) is 5.73 Å². The third kappa shape index (κ3) is 4.08. The smallest absolute Gasteiger partial charge is 0.286 e. The van der Waals surface area contributed by atoms with Gasteiger partial charge in [-0.25, -0.2) is 9.97 Å². The lowest BCUT2D eigenvalue weighted by Crippen LogP contribution is -2.36. The number of primary amides is 1. The highest BCUT2D eigenvalue weighted by atomic mass is 16.1. The van der Waals surface area contributed by atoms with E-state index in [9.17, 15) is 4.79 Å². The summed E-state index contributed by atoms with van der Waals surface area (Å²) in [6, 6.07) is 4.64. The fourth-order valence-corrected chi connectivity index (χ4v) is 3.66. The number of anilines is 1. The molecule has 2 aromatic heterocycles. The SMILES string of the molecule is CCC(N[C@@H]1CCN(c2nc(C(N)=O)nc(C)c2C)C1)c1ncccc1C. The summed E-state index contributed by atoms with van der Waals surface area (Å²) in [5, 5.41) is 3.75. The molecule has 3 rings (SSSR count). The maximum Gasteiger partial charge on any atom is 0.286 e. The van der Waals surface area contributed by atoms with Gasteiger partial charge in [0.2, 0.25) is 5.82 Å². The van der Waals surface area contributed by atoms with E-state index in [1.54, 1.807) is 0 Å². The minimum Gasteiger partial charge on any atom is -0.363 e. The van der Waals surface area contributed by atoms with Gasteiger partial charge in [0.25, 0.3) is 5.91 Å². The third-order valence-corrected chi connectivity index (χ3v) is 5.30. The number of rotatable bonds is 6. The van der Waals surface area contributed by atoms with Gasteiger partial charge in [-0.05, 0) is 45.2 Å². The highest BCUT2D eigenvalue weighted by Gasteiger charge is 2.28. The number of aromatic nitrogens is 3. The van der Waals surface area contributed by atoms with E-state index in [0.29, 0.717) is 6.04 Å². The van der Waals surface area contributed by atoms with E-state index in [1.165, 1.54) is 5.56 Å². The molecule has 0 saturated carbocycles. The Kier molecular flexibility index (Phi) is 5.70. The van der Waals surface area contributed by atoms with Gasteiger partial charge in [-0.2, -0.15) is 0 Å². The summed E-state index contributed by atoms with van der Waals surface area (Å²) in [7, 11) is 0. The highest BCUT2D eigenvalue weighted by molar-refractivity contribution is 5.89. The summed E-state index contributed by atoms with van der Waals surface area (Å²) in [5.74, 6) is 0.299. The van der Waals surface area contributed by atoms with Gasteiger partial charge in [0, 0.05) is 42.6 Å². The Labute approximate surface area is 160 Å². The van der Waals surface area contributed by atoms with Crippen LogP contribution in [0.4, 0.5) is 5.82 Å². The number of hydrogen-bond donors (Lipinski definition) is 2. The molecule has 0 spiro atoms. The van der Waals surface area contributed by atoms with Crippen LogP contribution in [0.25, 0.3) is 0 Å². The molecule has 0 radical (unpaired) electrons. The Balaban J connectivity index is 1.75. The van der Waals surface area contributed by atoms with Crippen molar-refractivity contribution in [1.29, 1.82) is 0 Å². The van der Waals surface area contributed by atoms with Crippen molar-refractivity contribution >= 4 is 11.7 Å². The molecule has 27 heavy (non-hydrogen) atoms. The lowest BCUT2D eigenvalue weighted by molar-refractivity contribution is 0.0990. The number of nitrogens with zero attached hydrogens (tertiary/aromatic N) is 4. The normalized spacial score (nSPS) is 17.9. The monoisotopic (exact) mass is 368 g/mol. The van der Waals surface area contributed by atoms with Crippen molar-refractivity contribution in [3.63, 3.8) is 0 Å². The van der Waals surface area contributed by atoms with Gasteiger partial charge >= 0.3 is 0 Å². The topological polar surface area (TPSA) is 97.0 Å². The summed E-state index contributed by atoms with van der Waals surface area (Å²) in [5.41, 5.74) is 9.50. The van der Waals surface area contributed by atoms with E-state index in [1.807, 2.05) is 26.1 Å². The molecule has 7 nitrogen and oxygen atoms in total. The van der Waals surface area contributed by atoms with Gasteiger partial charge in [-0.15, -0.1) is 0 Å². The lowest BCUT2D eigenvalue weighted by Gasteiger charge is -2.24. The third-order valence-electron chi connectivity index (χ3n) is 5.30. The molecule has 3 heterocycles. The largest absolute Gasteiger partial charge is 0.363 e. The molecule has 0 aromatic carbocycles. The molecular weight excluding hydrogens is 340 g/mol. The van der Waals surface area contributed by atoms with Crippen molar-refractivity contribution in [1.82, 2.24) is 20.3 Å². The molecular formula is C20H28N6O. The fraction of sp³-hybridized carbons (Fsp3) is 0.500. The van der Waals surface area contributed by atoms with Gasteiger partial charge in [0.1, 0.15) is 5.82 Å². The van der Waals surface area contributed by atoms with E-state index < -0.39 is 5.91 Å². The van der Waals surface area contributed by atoms with Crippen molar-refractivity contribution in [3.05, 3.63) is 46.7 Å². The average Bonchev–Trinajstić information content (AvgIpc) is 3.10. The van der Waals surface area contributed by atoms with Crippen LogP contribution in [-0.2, 0) is 0 Å². The van der Waals surface area contributed by atoms with Crippen molar-refractivity contribution in [2.45, 2.75) is 52.6 Å². The molecule has 2 aromatic rings. The zero-order chi connectivity index (χ0) is 19.6. The van der Waals surface area contributed by atoms with Crippen molar-refractivity contribution in [2.75, 3.05) is 18.0 Å². The van der Waals surface area contributed by atoms with E-state index in [0.717, 1.165) is 48.7 Å². The molecule has 144 valence electrons. The Morgan fingerprint density at radius 2 is 2.15 bits per heavy atom. The van der Waals surface area contributed by atoms with Crippen LogP contribution in [0, 0.1) is 20.8 Å². The molecule has 1 aliphatic heterocycles. The summed E-state index contributed by atoms with van der Waals surface area (Å²) >= 11 is 0. The van der Waals surface area contributed by atoms with Crippen LogP contribution in [0.3, 0.4) is 0 Å². The Hall–Kier alpha value is -2.54. The molecule has 0 bridgehead atoms. The van der Waals surface area contributed by atoms with E-state index in [-0.39, 0.29) is 11.9 Å². The summed E-state index contributed by atoms with van der Waals surface area (Å²) in [6.07, 6.45) is 3.84. The first-order valence-electron chi connectivity index (χ1n) is 9.48. The minimum atomic E-state index is -0.593. The van der Waals surface area contributed by atoms with Crippen molar-refractivity contribution in [2.24, 2.45) is 5.73 Å². The van der Waals surface area contributed by atoms with E-state index >= 15 is 0 Å². The van der Waals surface area contributed by atoms with Crippen LogP contribution in [-0.4, -0.2) is 40.0 Å². The van der Waals surface area contributed by atoms with Crippen molar-refractivity contribution in [3.8, 4) is 0 Å². The molecule has 1 saturated heterocycles. The second kappa shape index (κ2) is 8.00. The lowest BCUT2D eigenvalue weighted by atomic mass is 10.0. The standard InChI is InChI=1S/C20H28N6O/c1-5-16(17-12(2)7-6-9-22-17)24-15-8-10-26(11-15)20-13(3)14(4)23-19(25-20)18(21)27/h6-7,9,15-16,24H,5,8,10-11H2,1-4H3,(H2,21,27)/t15-,16?/m1/s1. The molecule has 7 heteroatoms. The summed E-state index contributed by atoms with van der Waals surface area (Å²) in [4.78, 5) is 26.9. The first-order valence-corrected chi connectivity index (χ1v) is 9.48. The summed E-state index contributed by atoms with van der Waals surface area (Å²) < 4.78 is 0. The first kappa shape index (κ1) is 19.2. The highest BCUT2D eigenvalue weighted by Crippen LogP contribution is 2.26. The van der Waals surface area contributed by atoms with Crippen LogP contribution in [0.5, 0.6) is 0 Å². The predicted octanol–water partition coefficient (Wildman–Crippen LogP) is 2.22. The van der Waals surface area contributed by atoms with Gasteiger partial charge in [0.15, 0.2) is 0 Å². The second-order valence-electron chi connectivity index (χ2n) is 7.21. The second-order valence-corrected chi connectivity index (χ2v) is 7.21. The molecule has 3 N–H and O–H groups in total. The Morgan fingerprint density at radius 3 is 2.81 bits per heavy atom. The number of hydrogen-bond acceptors (Lipinski definition) is 6. The maximum absolute atomic E-state index is 11.5. The van der Waals surface area contributed by atoms with Crippen molar-refractivity contribution < 1.29 is 4.79 Å². The van der Waals surface area contributed by atoms with Crippen LogP contribution < -0.4 is 16.0 Å². The minimum absolute atomic E-state index is 0.0834. The summed E-state index contributed by atoms with van der Waals surface area (Å²) in [6.45, 7) is 9.86.